The zero-order valence-electron chi connectivity index (χ0n) is 16.5. The van der Waals surface area contributed by atoms with Crippen molar-refractivity contribution in [3.63, 3.8) is 0 Å². The summed E-state index contributed by atoms with van der Waals surface area (Å²) in [4.78, 5) is 0. The molecule has 2 saturated carbocycles. The Balaban J connectivity index is 1.80. The van der Waals surface area contributed by atoms with Crippen molar-refractivity contribution in [2.45, 2.75) is 116 Å². The van der Waals surface area contributed by atoms with Crippen LogP contribution >= 0.6 is 0 Å². The van der Waals surface area contributed by atoms with Gasteiger partial charge in [0.05, 0.1) is 0 Å². The Labute approximate surface area is 153 Å². The van der Waals surface area contributed by atoms with Crippen molar-refractivity contribution in [1.82, 2.24) is 0 Å². The van der Waals surface area contributed by atoms with Gasteiger partial charge in [0, 0.05) is 6.42 Å². The molecule has 0 aliphatic heterocycles. The molecule has 0 saturated heterocycles. The van der Waals surface area contributed by atoms with Gasteiger partial charge in [0.15, 0.2) is 0 Å². The monoisotopic (exact) mass is 360 g/mol. The van der Waals surface area contributed by atoms with Crippen molar-refractivity contribution in [2.24, 2.45) is 23.2 Å². The second kappa shape index (κ2) is 9.65. The standard InChI is InChI=1S/C22H39F3/c1-3-9-18(2)21(15-6-4-7-16-21)20-13-11-19(12-14-20)10-5-8-17-22(23,24)25/h18-20H,3-17H2,1-2H3. The average molecular weight is 361 g/mol. The van der Waals surface area contributed by atoms with Crippen LogP contribution in [0.2, 0.25) is 0 Å². The highest BCUT2D eigenvalue weighted by atomic mass is 19.4. The van der Waals surface area contributed by atoms with Gasteiger partial charge in [0.1, 0.15) is 0 Å². The Morgan fingerprint density at radius 1 is 0.960 bits per heavy atom. The van der Waals surface area contributed by atoms with Crippen molar-refractivity contribution >= 4 is 0 Å². The maximum absolute atomic E-state index is 12.3. The van der Waals surface area contributed by atoms with E-state index in [4.69, 9.17) is 0 Å². The van der Waals surface area contributed by atoms with E-state index in [-0.39, 0.29) is 0 Å². The Bertz CT molecular complexity index is 360. The van der Waals surface area contributed by atoms with E-state index in [1.54, 1.807) is 0 Å². The molecule has 1 unspecified atom stereocenters. The van der Waals surface area contributed by atoms with Gasteiger partial charge in [-0.25, -0.2) is 0 Å². The summed E-state index contributed by atoms with van der Waals surface area (Å²) in [5.41, 5.74) is 0.579. The van der Waals surface area contributed by atoms with Gasteiger partial charge in [-0.2, -0.15) is 13.2 Å². The lowest BCUT2D eigenvalue weighted by molar-refractivity contribution is -0.135. The maximum Gasteiger partial charge on any atom is 0.389 e. The molecule has 1 atom stereocenters. The second-order valence-corrected chi connectivity index (χ2v) is 9.06. The van der Waals surface area contributed by atoms with Gasteiger partial charge in [-0.3, -0.25) is 0 Å². The van der Waals surface area contributed by atoms with E-state index in [0.29, 0.717) is 17.8 Å². The van der Waals surface area contributed by atoms with Crippen molar-refractivity contribution < 1.29 is 13.2 Å². The third-order valence-electron chi connectivity index (χ3n) is 7.47. The summed E-state index contributed by atoms with van der Waals surface area (Å²) in [7, 11) is 0. The molecule has 0 aromatic carbocycles. The third kappa shape index (κ3) is 6.17. The first-order valence-electron chi connectivity index (χ1n) is 10.9. The molecule has 0 radical (unpaired) electrons. The third-order valence-corrected chi connectivity index (χ3v) is 7.47. The molecule has 2 rings (SSSR count). The molecule has 2 aliphatic rings. The summed E-state index contributed by atoms with van der Waals surface area (Å²) in [6.45, 7) is 4.81. The van der Waals surface area contributed by atoms with Crippen LogP contribution in [0.15, 0.2) is 0 Å². The molecule has 0 spiro atoms. The first kappa shape index (κ1) is 21.1. The molecule has 0 N–H and O–H groups in total. The lowest BCUT2D eigenvalue weighted by Crippen LogP contribution is -2.40. The zero-order chi connectivity index (χ0) is 18.3. The first-order chi connectivity index (χ1) is 11.9. The van der Waals surface area contributed by atoms with Gasteiger partial charge in [-0.1, -0.05) is 71.6 Å². The zero-order valence-corrected chi connectivity index (χ0v) is 16.5. The minimum absolute atomic E-state index is 0.320. The summed E-state index contributed by atoms with van der Waals surface area (Å²) < 4.78 is 36.8. The molecule has 0 bridgehead atoms. The minimum atomic E-state index is -3.97. The van der Waals surface area contributed by atoms with Gasteiger partial charge in [0.2, 0.25) is 0 Å². The van der Waals surface area contributed by atoms with Crippen LogP contribution in [0.4, 0.5) is 13.2 Å². The van der Waals surface area contributed by atoms with Gasteiger partial charge in [-0.05, 0) is 55.3 Å². The molecule has 0 heterocycles. The van der Waals surface area contributed by atoms with Crippen LogP contribution < -0.4 is 0 Å². The summed E-state index contributed by atoms with van der Waals surface area (Å²) >= 11 is 0. The number of rotatable bonds is 8. The van der Waals surface area contributed by atoms with Gasteiger partial charge < -0.3 is 0 Å². The van der Waals surface area contributed by atoms with E-state index in [9.17, 15) is 13.2 Å². The molecule has 25 heavy (non-hydrogen) atoms. The SMILES string of the molecule is CCCC(C)C1(C2CCC(CCCCC(F)(F)F)CC2)CCCCC1. The fraction of sp³-hybridized carbons (Fsp3) is 1.00. The van der Waals surface area contributed by atoms with Crippen LogP contribution in [-0.2, 0) is 0 Å². The molecule has 148 valence electrons. The molecule has 0 amide bonds. The highest BCUT2D eigenvalue weighted by molar-refractivity contribution is 4.94. The molecular formula is C22H39F3. The predicted octanol–water partition coefficient (Wildman–Crippen LogP) is 8.30. The lowest BCUT2D eigenvalue weighted by atomic mass is 9.55. The predicted molar refractivity (Wildman–Crippen MR) is 99.6 cm³/mol. The topological polar surface area (TPSA) is 0 Å². The Morgan fingerprint density at radius 2 is 1.60 bits per heavy atom. The van der Waals surface area contributed by atoms with Crippen molar-refractivity contribution in [1.29, 1.82) is 0 Å². The lowest BCUT2D eigenvalue weighted by Gasteiger charge is -2.50. The fourth-order valence-corrected chi connectivity index (χ4v) is 6.02. The van der Waals surface area contributed by atoms with Crippen molar-refractivity contribution in [2.75, 3.05) is 0 Å². The number of hydrogen-bond acceptors (Lipinski definition) is 0. The van der Waals surface area contributed by atoms with E-state index >= 15 is 0 Å². The largest absolute Gasteiger partial charge is 0.389 e. The number of unbranched alkanes of at least 4 members (excludes halogenated alkanes) is 1. The van der Waals surface area contributed by atoms with Gasteiger partial charge in [0.25, 0.3) is 0 Å². The highest BCUT2D eigenvalue weighted by Gasteiger charge is 2.44. The highest BCUT2D eigenvalue weighted by Crippen LogP contribution is 2.54. The molecule has 3 heteroatoms. The minimum Gasteiger partial charge on any atom is -0.171 e. The van der Waals surface area contributed by atoms with Crippen molar-refractivity contribution in [3.05, 3.63) is 0 Å². The van der Waals surface area contributed by atoms with E-state index in [1.807, 2.05) is 0 Å². The normalized spacial score (nSPS) is 28.7. The molecular weight excluding hydrogens is 321 g/mol. The number of alkyl halides is 3. The van der Waals surface area contributed by atoms with E-state index in [1.165, 1.54) is 70.6 Å². The van der Waals surface area contributed by atoms with Crippen LogP contribution in [0.1, 0.15) is 110 Å². The van der Waals surface area contributed by atoms with Crippen LogP contribution in [-0.4, -0.2) is 6.18 Å². The quantitative estimate of drug-likeness (QED) is 0.382. The smallest absolute Gasteiger partial charge is 0.171 e. The Morgan fingerprint density at radius 3 is 2.16 bits per heavy atom. The number of hydrogen-bond donors (Lipinski definition) is 0. The summed E-state index contributed by atoms with van der Waals surface area (Å²) in [6, 6.07) is 0. The van der Waals surface area contributed by atoms with Crippen molar-refractivity contribution in [3.8, 4) is 0 Å². The summed E-state index contributed by atoms with van der Waals surface area (Å²) in [6.07, 6.45) is 12.4. The molecule has 2 fully saturated rings. The van der Waals surface area contributed by atoms with E-state index in [0.717, 1.165) is 24.7 Å². The summed E-state index contributed by atoms with van der Waals surface area (Å²) in [5.74, 6) is 2.40. The van der Waals surface area contributed by atoms with E-state index < -0.39 is 12.6 Å². The first-order valence-corrected chi connectivity index (χ1v) is 10.9. The van der Waals surface area contributed by atoms with Gasteiger partial charge in [-0.15, -0.1) is 0 Å². The number of halogens is 3. The van der Waals surface area contributed by atoms with Gasteiger partial charge >= 0.3 is 6.18 Å². The maximum atomic E-state index is 12.3. The van der Waals surface area contributed by atoms with Crippen LogP contribution in [0, 0.1) is 23.2 Å². The fourth-order valence-electron chi connectivity index (χ4n) is 6.02. The Hall–Kier alpha value is -0.210. The molecule has 0 nitrogen and oxygen atoms in total. The Kier molecular flexibility index (Phi) is 8.14. The van der Waals surface area contributed by atoms with Crippen LogP contribution in [0.3, 0.4) is 0 Å². The summed E-state index contributed by atoms with van der Waals surface area (Å²) in [5, 5.41) is 0. The van der Waals surface area contributed by atoms with E-state index in [2.05, 4.69) is 13.8 Å². The van der Waals surface area contributed by atoms with Crippen LogP contribution in [0.5, 0.6) is 0 Å². The average Bonchev–Trinajstić information content (AvgIpc) is 2.59. The molecule has 0 aromatic heterocycles. The van der Waals surface area contributed by atoms with Crippen LogP contribution in [0.25, 0.3) is 0 Å². The molecule has 0 aromatic rings. The second-order valence-electron chi connectivity index (χ2n) is 9.06. The molecule has 2 aliphatic carbocycles.